The summed E-state index contributed by atoms with van der Waals surface area (Å²) in [5, 5.41) is 32.3. The van der Waals surface area contributed by atoms with Crippen molar-refractivity contribution in [1.82, 2.24) is 15.2 Å². The molecular weight excluding hydrogens is 368 g/mol. The Labute approximate surface area is 157 Å². The van der Waals surface area contributed by atoms with Gasteiger partial charge in [0.15, 0.2) is 11.4 Å². The summed E-state index contributed by atoms with van der Waals surface area (Å²) in [5.74, 6) is -0.665. The van der Waals surface area contributed by atoms with Crippen molar-refractivity contribution in [2.24, 2.45) is 5.10 Å². The number of benzene rings is 2. The Kier molecular flexibility index (Phi) is 5.25. The lowest BCUT2D eigenvalue weighted by Gasteiger charge is -2.05. The molecule has 3 aromatic rings. The molecule has 0 saturated carbocycles. The van der Waals surface area contributed by atoms with Crippen LogP contribution in [0.15, 0.2) is 52.4 Å². The monoisotopic (exact) mass is 382 g/mol. The maximum atomic E-state index is 12.1. The molecule has 11 heteroatoms. The number of phenols is 1. The van der Waals surface area contributed by atoms with Crippen molar-refractivity contribution in [1.29, 1.82) is 0 Å². The van der Waals surface area contributed by atoms with E-state index in [0.717, 1.165) is 6.07 Å². The van der Waals surface area contributed by atoms with E-state index in [1.54, 1.807) is 24.3 Å². The molecule has 0 amide bonds. The van der Waals surface area contributed by atoms with Crippen LogP contribution in [0.1, 0.15) is 5.56 Å². The molecule has 3 rings (SSSR count). The highest BCUT2D eigenvalue weighted by atomic mass is 16.6. The molecule has 0 aliphatic heterocycles. The Hall–Kier alpha value is -4.28. The van der Waals surface area contributed by atoms with Crippen molar-refractivity contribution < 1.29 is 14.8 Å². The van der Waals surface area contributed by atoms with Crippen molar-refractivity contribution in [3.05, 3.63) is 68.5 Å². The molecule has 1 aromatic heterocycles. The normalized spacial score (nSPS) is 10.8. The third-order valence-corrected chi connectivity index (χ3v) is 3.62. The number of aromatic nitrogens is 3. The summed E-state index contributed by atoms with van der Waals surface area (Å²) < 4.78 is 4.91. The van der Waals surface area contributed by atoms with Crippen molar-refractivity contribution >= 4 is 17.9 Å². The van der Waals surface area contributed by atoms with Crippen LogP contribution in [-0.4, -0.2) is 38.5 Å². The summed E-state index contributed by atoms with van der Waals surface area (Å²) in [7, 11) is 1.27. The van der Waals surface area contributed by atoms with Gasteiger partial charge in [-0.25, -0.2) is 5.43 Å². The molecule has 0 bridgehead atoms. The zero-order valence-electron chi connectivity index (χ0n) is 14.5. The van der Waals surface area contributed by atoms with Gasteiger partial charge < -0.3 is 9.84 Å². The Morgan fingerprint density at radius 3 is 2.68 bits per heavy atom. The maximum absolute atomic E-state index is 12.1. The van der Waals surface area contributed by atoms with Gasteiger partial charge in [0, 0.05) is 17.2 Å². The minimum absolute atomic E-state index is 0.0128. The molecule has 3 N–H and O–H groups in total. The van der Waals surface area contributed by atoms with Gasteiger partial charge in [0.05, 0.1) is 18.2 Å². The molecule has 0 aliphatic rings. The van der Waals surface area contributed by atoms with Gasteiger partial charge in [-0.2, -0.15) is 5.10 Å². The third kappa shape index (κ3) is 3.93. The van der Waals surface area contributed by atoms with Crippen LogP contribution >= 0.6 is 0 Å². The van der Waals surface area contributed by atoms with Crippen LogP contribution in [0.5, 0.6) is 11.5 Å². The highest BCUT2D eigenvalue weighted by molar-refractivity contribution is 5.83. The van der Waals surface area contributed by atoms with Crippen LogP contribution in [0.25, 0.3) is 11.3 Å². The number of nitrogens with one attached hydrogen (secondary N) is 2. The molecule has 28 heavy (non-hydrogen) atoms. The lowest BCUT2D eigenvalue weighted by atomic mass is 10.2. The summed E-state index contributed by atoms with van der Waals surface area (Å²) >= 11 is 0. The number of hydrogen-bond donors (Lipinski definition) is 3. The van der Waals surface area contributed by atoms with Gasteiger partial charge in [0.2, 0.25) is 11.7 Å². The molecule has 1 heterocycles. The number of H-pyrrole nitrogens is 1. The van der Waals surface area contributed by atoms with Crippen LogP contribution in [0.4, 0.5) is 11.6 Å². The number of phenolic OH excluding ortho intramolecular Hbond substituents is 1. The van der Waals surface area contributed by atoms with Gasteiger partial charge in [0.1, 0.15) is 0 Å². The fraction of sp³-hybridized carbons (Fsp3) is 0.0588. The SMILES string of the molecule is COc1cc(/C=N/Nc2nnc(-c3ccccc3)c(=O)[nH]2)cc([N+](=O)[O-])c1O. The van der Waals surface area contributed by atoms with E-state index < -0.39 is 21.9 Å². The van der Waals surface area contributed by atoms with Crippen LogP contribution in [0.3, 0.4) is 0 Å². The fourth-order valence-electron chi connectivity index (χ4n) is 2.32. The average molecular weight is 382 g/mol. The molecule has 142 valence electrons. The number of nitro benzene ring substituents is 1. The van der Waals surface area contributed by atoms with Crippen molar-refractivity contribution in [2.45, 2.75) is 0 Å². The summed E-state index contributed by atoms with van der Waals surface area (Å²) in [6.07, 6.45) is 1.24. The second-order valence-corrected chi connectivity index (χ2v) is 5.44. The third-order valence-electron chi connectivity index (χ3n) is 3.62. The Bertz CT molecular complexity index is 1100. The predicted molar refractivity (Wildman–Crippen MR) is 101 cm³/mol. The topological polar surface area (TPSA) is 156 Å². The second kappa shape index (κ2) is 7.95. The van der Waals surface area contributed by atoms with Gasteiger partial charge in [-0.15, -0.1) is 10.2 Å². The van der Waals surface area contributed by atoms with Gasteiger partial charge in [-0.05, 0) is 6.07 Å². The number of anilines is 1. The number of hydrogen-bond acceptors (Lipinski definition) is 9. The number of rotatable bonds is 6. The van der Waals surface area contributed by atoms with Gasteiger partial charge >= 0.3 is 5.69 Å². The fourth-order valence-corrected chi connectivity index (χ4v) is 2.32. The first-order chi connectivity index (χ1) is 13.5. The zero-order chi connectivity index (χ0) is 20.1. The number of nitrogens with zero attached hydrogens (tertiary/aromatic N) is 4. The van der Waals surface area contributed by atoms with E-state index in [4.69, 9.17) is 4.74 Å². The molecule has 0 spiro atoms. The van der Waals surface area contributed by atoms with E-state index in [1.165, 1.54) is 19.4 Å². The first-order valence-corrected chi connectivity index (χ1v) is 7.86. The van der Waals surface area contributed by atoms with Crippen LogP contribution < -0.4 is 15.7 Å². The smallest absolute Gasteiger partial charge is 0.315 e. The number of nitro groups is 1. The number of ether oxygens (including phenoxy) is 1. The molecule has 0 fully saturated rings. The van der Waals surface area contributed by atoms with E-state index in [1.807, 2.05) is 6.07 Å². The van der Waals surface area contributed by atoms with Crippen LogP contribution in [-0.2, 0) is 0 Å². The van der Waals surface area contributed by atoms with E-state index >= 15 is 0 Å². The number of hydrazone groups is 1. The summed E-state index contributed by atoms with van der Waals surface area (Å²) in [6.45, 7) is 0. The van der Waals surface area contributed by atoms with Crippen LogP contribution in [0, 0.1) is 10.1 Å². The minimum Gasteiger partial charge on any atom is -0.500 e. The summed E-state index contributed by atoms with van der Waals surface area (Å²) in [5.41, 5.74) is 2.56. The molecule has 11 nitrogen and oxygen atoms in total. The van der Waals surface area contributed by atoms with Crippen LogP contribution in [0.2, 0.25) is 0 Å². The Morgan fingerprint density at radius 2 is 2.04 bits per heavy atom. The summed E-state index contributed by atoms with van der Waals surface area (Å²) in [6, 6.07) is 11.3. The molecular formula is C17H14N6O5. The molecule has 0 aliphatic carbocycles. The Morgan fingerprint density at radius 1 is 1.29 bits per heavy atom. The Balaban J connectivity index is 1.80. The van der Waals surface area contributed by atoms with Crippen molar-refractivity contribution in [3.63, 3.8) is 0 Å². The number of methoxy groups -OCH3 is 1. The lowest BCUT2D eigenvalue weighted by molar-refractivity contribution is -0.386. The highest BCUT2D eigenvalue weighted by Gasteiger charge is 2.19. The van der Waals surface area contributed by atoms with E-state index in [0.29, 0.717) is 5.56 Å². The van der Waals surface area contributed by atoms with Crippen molar-refractivity contribution in [2.75, 3.05) is 12.5 Å². The molecule has 0 atom stereocenters. The first kappa shape index (κ1) is 18.5. The molecule has 0 saturated heterocycles. The highest BCUT2D eigenvalue weighted by Crippen LogP contribution is 2.36. The summed E-state index contributed by atoms with van der Waals surface area (Å²) in [4.78, 5) is 24.9. The second-order valence-electron chi connectivity index (χ2n) is 5.44. The molecule has 0 unspecified atom stereocenters. The molecule has 2 aromatic carbocycles. The lowest BCUT2D eigenvalue weighted by Crippen LogP contribution is -2.15. The van der Waals surface area contributed by atoms with Gasteiger partial charge in [0.25, 0.3) is 5.56 Å². The zero-order valence-corrected chi connectivity index (χ0v) is 14.5. The first-order valence-electron chi connectivity index (χ1n) is 7.86. The van der Waals surface area contributed by atoms with E-state index in [2.05, 4.69) is 25.7 Å². The number of aromatic amines is 1. The van der Waals surface area contributed by atoms with Gasteiger partial charge in [-0.3, -0.25) is 19.9 Å². The maximum Gasteiger partial charge on any atom is 0.315 e. The van der Waals surface area contributed by atoms with Gasteiger partial charge in [-0.1, -0.05) is 30.3 Å². The number of aromatic hydroxyl groups is 1. The quantitative estimate of drug-likeness (QED) is 0.331. The minimum atomic E-state index is -0.742. The predicted octanol–water partition coefficient (Wildman–Crippen LogP) is 1.90. The van der Waals surface area contributed by atoms with E-state index in [9.17, 15) is 20.0 Å². The average Bonchev–Trinajstić information content (AvgIpc) is 2.69. The van der Waals surface area contributed by atoms with E-state index in [-0.39, 0.29) is 23.0 Å². The standard InChI is InChI=1S/C17H14N6O5/c1-28-13-8-10(7-12(15(13)24)23(26)27)9-18-21-17-19-16(25)14(20-22-17)11-5-3-2-4-6-11/h2-9,24H,1H3,(H2,19,21,22,25)/b18-9+. The molecule has 0 radical (unpaired) electrons. The van der Waals surface area contributed by atoms with Crippen molar-refractivity contribution in [3.8, 4) is 22.8 Å². The largest absolute Gasteiger partial charge is 0.500 e.